The zero-order valence-electron chi connectivity index (χ0n) is 9.84. The van der Waals surface area contributed by atoms with Crippen LogP contribution in [0.25, 0.3) is 0 Å². The maximum atomic E-state index is 12.8. The van der Waals surface area contributed by atoms with E-state index in [2.05, 4.69) is 0 Å². The molecule has 0 amide bonds. The summed E-state index contributed by atoms with van der Waals surface area (Å²) in [4.78, 5) is 10.5. The molecule has 0 unspecified atom stereocenters. The van der Waals surface area contributed by atoms with Gasteiger partial charge >= 0.3 is 5.97 Å². The largest absolute Gasteiger partial charge is 0.481 e. The Bertz CT molecular complexity index is 512. The molecule has 1 rings (SSSR count). The quantitative estimate of drug-likeness (QED) is 0.852. The summed E-state index contributed by atoms with van der Waals surface area (Å²) in [6.07, 6.45) is -0.309. The zero-order valence-corrected chi connectivity index (χ0v) is 10.7. The van der Waals surface area contributed by atoms with Crippen molar-refractivity contribution in [3.63, 3.8) is 0 Å². The van der Waals surface area contributed by atoms with Gasteiger partial charge in [-0.3, -0.25) is 9.10 Å². The van der Waals surface area contributed by atoms with Gasteiger partial charge in [-0.05, 0) is 31.2 Å². The van der Waals surface area contributed by atoms with Crippen LogP contribution in [-0.4, -0.2) is 31.8 Å². The fourth-order valence-electron chi connectivity index (χ4n) is 1.39. The molecular weight excluding hydrogens is 261 g/mol. The molecule has 5 nitrogen and oxygen atoms in total. The Morgan fingerprint density at radius 1 is 1.33 bits per heavy atom. The Hall–Kier alpha value is -1.63. The van der Waals surface area contributed by atoms with Crippen molar-refractivity contribution in [3.05, 3.63) is 30.1 Å². The van der Waals surface area contributed by atoms with Crippen molar-refractivity contribution in [1.29, 1.82) is 0 Å². The van der Waals surface area contributed by atoms with Crippen molar-refractivity contribution in [2.75, 3.05) is 16.6 Å². The van der Waals surface area contributed by atoms with Crippen LogP contribution in [0.4, 0.5) is 10.1 Å². The minimum absolute atomic E-state index is 0.149. The monoisotopic (exact) mass is 275 g/mol. The number of halogens is 1. The number of carbonyl (C=O) groups is 1. The molecule has 0 aliphatic carbocycles. The fraction of sp³-hybridized carbons (Fsp3) is 0.364. The van der Waals surface area contributed by atoms with E-state index in [0.29, 0.717) is 0 Å². The van der Waals surface area contributed by atoms with Crippen LogP contribution >= 0.6 is 0 Å². The first kappa shape index (κ1) is 14.4. The Morgan fingerprint density at radius 2 is 1.89 bits per heavy atom. The smallest absolute Gasteiger partial charge is 0.305 e. The van der Waals surface area contributed by atoms with Crippen LogP contribution in [0.2, 0.25) is 0 Å². The summed E-state index contributed by atoms with van der Waals surface area (Å²) in [6.45, 7) is 1.30. The maximum absolute atomic E-state index is 12.8. The number of anilines is 1. The normalized spacial score (nSPS) is 11.2. The number of carboxylic acid groups (broad SMARTS) is 1. The van der Waals surface area contributed by atoms with Crippen molar-refractivity contribution < 1.29 is 22.7 Å². The highest BCUT2D eigenvalue weighted by Gasteiger charge is 2.21. The average molecular weight is 275 g/mol. The average Bonchev–Trinajstić information content (AvgIpc) is 2.31. The first-order chi connectivity index (χ1) is 8.36. The fourth-order valence-corrected chi connectivity index (χ4v) is 2.51. The van der Waals surface area contributed by atoms with Crippen LogP contribution < -0.4 is 4.31 Å². The Morgan fingerprint density at radius 3 is 2.33 bits per heavy atom. The van der Waals surface area contributed by atoms with E-state index in [0.717, 1.165) is 16.4 Å². The predicted octanol–water partition coefficient (Wildman–Crippen LogP) is 1.46. The zero-order chi connectivity index (χ0) is 13.8. The van der Waals surface area contributed by atoms with Gasteiger partial charge in [0.1, 0.15) is 5.82 Å². The van der Waals surface area contributed by atoms with Crippen LogP contribution in [0.5, 0.6) is 0 Å². The second-order valence-corrected chi connectivity index (χ2v) is 5.77. The molecule has 1 N–H and O–H groups in total. The van der Waals surface area contributed by atoms with E-state index in [1.165, 1.54) is 19.1 Å². The number of hydrogen-bond donors (Lipinski definition) is 1. The highest BCUT2D eigenvalue weighted by Crippen LogP contribution is 2.19. The maximum Gasteiger partial charge on any atom is 0.305 e. The van der Waals surface area contributed by atoms with Gasteiger partial charge in [0.15, 0.2) is 0 Å². The molecule has 0 aliphatic heterocycles. The van der Waals surface area contributed by atoms with Crippen LogP contribution in [0.15, 0.2) is 24.3 Å². The van der Waals surface area contributed by atoms with E-state index in [4.69, 9.17) is 5.11 Å². The molecule has 0 spiro atoms. The molecule has 0 fully saturated rings. The van der Waals surface area contributed by atoms with E-state index in [9.17, 15) is 17.6 Å². The molecule has 100 valence electrons. The molecule has 7 heteroatoms. The predicted molar refractivity (Wildman–Crippen MR) is 65.5 cm³/mol. The summed E-state index contributed by atoms with van der Waals surface area (Å²) < 4.78 is 37.4. The van der Waals surface area contributed by atoms with Crippen molar-refractivity contribution in [3.8, 4) is 0 Å². The van der Waals surface area contributed by atoms with E-state index < -0.39 is 21.8 Å². The third-order valence-corrected chi connectivity index (χ3v) is 4.14. The molecular formula is C11H14FNO4S. The number of carboxylic acids is 1. The SMILES string of the molecule is CCS(=O)(=O)N(CCC(=O)O)c1ccc(F)cc1. The number of benzene rings is 1. The van der Waals surface area contributed by atoms with E-state index in [1.54, 1.807) is 0 Å². The summed E-state index contributed by atoms with van der Waals surface area (Å²) in [5.41, 5.74) is 0.263. The van der Waals surface area contributed by atoms with Crippen molar-refractivity contribution in [2.45, 2.75) is 13.3 Å². The van der Waals surface area contributed by atoms with Gasteiger partial charge in [-0.2, -0.15) is 0 Å². The number of aliphatic carboxylic acids is 1. The summed E-state index contributed by atoms with van der Waals surface area (Å²) in [5.74, 6) is -1.72. The molecule has 1 aromatic carbocycles. The van der Waals surface area contributed by atoms with Gasteiger partial charge in [-0.1, -0.05) is 0 Å². The molecule has 0 bridgehead atoms. The highest BCUT2D eigenvalue weighted by atomic mass is 32.2. The molecule has 0 saturated heterocycles. The Kier molecular flexibility index (Phi) is 4.66. The topological polar surface area (TPSA) is 74.7 Å². The van der Waals surface area contributed by atoms with Crippen LogP contribution in [0, 0.1) is 5.82 Å². The number of hydrogen-bond acceptors (Lipinski definition) is 3. The second-order valence-electron chi connectivity index (χ2n) is 3.59. The first-order valence-electron chi connectivity index (χ1n) is 5.34. The highest BCUT2D eigenvalue weighted by molar-refractivity contribution is 7.92. The van der Waals surface area contributed by atoms with E-state index in [-0.39, 0.29) is 24.4 Å². The first-order valence-corrected chi connectivity index (χ1v) is 6.95. The number of nitrogens with zero attached hydrogens (tertiary/aromatic N) is 1. The van der Waals surface area contributed by atoms with Gasteiger partial charge in [0.25, 0.3) is 0 Å². The van der Waals surface area contributed by atoms with Crippen molar-refractivity contribution >= 4 is 21.7 Å². The lowest BCUT2D eigenvalue weighted by Gasteiger charge is -2.23. The molecule has 0 aromatic heterocycles. The number of rotatable bonds is 6. The lowest BCUT2D eigenvalue weighted by Crippen LogP contribution is -2.34. The van der Waals surface area contributed by atoms with Gasteiger partial charge in [-0.15, -0.1) is 0 Å². The van der Waals surface area contributed by atoms with Gasteiger partial charge in [0.05, 0.1) is 17.9 Å². The van der Waals surface area contributed by atoms with E-state index in [1.807, 2.05) is 0 Å². The van der Waals surface area contributed by atoms with Crippen molar-refractivity contribution in [1.82, 2.24) is 0 Å². The van der Waals surface area contributed by atoms with Gasteiger partial charge in [0, 0.05) is 6.54 Å². The lowest BCUT2D eigenvalue weighted by atomic mass is 10.3. The molecule has 0 saturated carbocycles. The standard InChI is InChI=1S/C11H14FNO4S/c1-2-18(16,17)13(8-7-11(14)15)10-5-3-9(12)4-6-10/h3-6H,2,7-8H2,1H3,(H,14,15). The molecule has 18 heavy (non-hydrogen) atoms. The van der Waals surface area contributed by atoms with Gasteiger partial charge in [-0.25, -0.2) is 12.8 Å². The minimum atomic E-state index is -3.57. The number of sulfonamides is 1. The molecule has 0 radical (unpaired) electrons. The molecule has 0 aliphatic rings. The van der Waals surface area contributed by atoms with Gasteiger partial charge in [0.2, 0.25) is 10.0 Å². The van der Waals surface area contributed by atoms with Crippen molar-refractivity contribution in [2.24, 2.45) is 0 Å². The summed E-state index contributed by atoms with van der Waals surface area (Å²) in [7, 11) is -3.57. The van der Waals surface area contributed by atoms with E-state index >= 15 is 0 Å². The van der Waals surface area contributed by atoms with Crippen LogP contribution in [0.3, 0.4) is 0 Å². The Labute approximate surface area is 105 Å². The summed E-state index contributed by atoms with van der Waals surface area (Å²) in [6, 6.07) is 4.89. The summed E-state index contributed by atoms with van der Waals surface area (Å²) >= 11 is 0. The van der Waals surface area contributed by atoms with Crippen LogP contribution in [-0.2, 0) is 14.8 Å². The van der Waals surface area contributed by atoms with Crippen LogP contribution in [0.1, 0.15) is 13.3 Å². The minimum Gasteiger partial charge on any atom is -0.481 e. The molecule has 0 atom stereocenters. The van der Waals surface area contributed by atoms with Gasteiger partial charge < -0.3 is 5.11 Å². The third-order valence-electron chi connectivity index (χ3n) is 2.34. The molecule has 0 heterocycles. The summed E-state index contributed by atoms with van der Waals surface area (Å²) in [5, 5.41) is 8.61. The Balaban J connectivity index is 3.04. The lowest BCUT2D eigenvalue weighted by molar-refractivity contribution is -0.136. The third kappa shape index (κ3) is 3.69. The molecule has 1 aromatic rings. The second kappa shape index (κ2) is 5.81.